The van der Waals surface area contributed by atoms with Gasteiger partial charge in [-0.05, 0) is 7.05 Å². The zero-order valence-electron chi connectivity index (χ0n) is 10.5. The number of nitrogens with zero attached hydrogens (tertiary/aromatic N) is 1. The molecule has 1 rings (SSSR count). The second-order valence-electron chi connectivity index (χ2n) is 3.67. The predicted octanol–water partition coefficient (Wildman–Crippen LogP) is 2.57. The van der Waals surface area contributed by atoms with Crippen LogP contribution < -0.4 is 5.32 Å². The molecule has 0 aliphatic rings. The Morgan fingerprint density at radius 3 is 2.41 bits per heavy atom. The second-order valence-corrected chi connectivity index (χ2v) is 3.67. The molecule has 0 fully saturated rings. The maximum atomic E-state index is 10.4. The Bertz CT molecular complexity index is 245. The van der Waals surface area contributed by atoms with Gasteiger partial charge >= 0.3 is 0 Å². The zero-order valence-corrected chi connectivity index (χ0v) is 10.5. The fourth-order valence-corrected chi connectivity index (χ4v) is 1.21. The molecule has 1 aromatic heterocycles. The maximum absolute atomic E-state index is 10.4. The van der Waals surface area contributed by atoms with Gasteiger partial charge in [-0.1, -0.05) is 40.5 Å². The average molecular weight is 241 g/mol. The van der Waals surface area contributed by atoms with E-state index in [1.54, 1.807) is 19.6 Å². The predicted molar refractivity (Wildman–Crippen MR) is 73.1 cm³/mol. The summed E-state index contributed by atoms with van der Waals surface area (Å²) in [5.74, 6) is 0. The van der Waals surface area contributed by atoms with Crippen LogP contribution in [0.4, 0.5) is 0 Å². The summed E-state index contributed by atoms with van der Waals surface area (Å²) in [6.45, 7) is 4.42. The minimum atomic E-state index is -0.115. The van der Waals surface area contributed by atoms with Crippen molar-refractivity contribution in [2.75, 3.05) is 7.05 Å². The summed E-state index contributed by atoms with van der Waals surface area (Å²) in [5.41, 5.74) is 0.969. The summed E-state index contributed by atoms with van der Waals surface area (Å²) in [7, 11) is 1.76. The van der Waals surface area contributed by atoms with Crippen LogP contribution >= 0.6 is 0 Å². The molecule has 100 valence electrons. The minimum Gasteiger partial charge on any atom is -0.348 e. The SMILES string of the molecule is C.CCCCC.CN[C@H](C=O)Cc1cnc[nH]1. The highest BCUT2D eigenvalue weighted by molar-refractivity contribution is 5.57. The van der Waals surface area contributed by atoms with Crippen LogP contribution in [0.3, 0.4) is 0 Å². The molecule has 2 N–H and O–H groups in total. The van der Waals surface area contributed by atoms with Gasteiger partial charge in [-0.2, -0.15) is 0 Å². The number of rotatable bonds is 6. The van der Waals surface area contributed by atoms with E-state index in [2.05, 4.69) is 29.1 Å². The van der Waals surface area contributed by atoms with Crippen LogP contribution in [0.2, 0.25) is 0 Å². The van der Waals surface area contributed by atoms with E-state index in [9.17, 15) is 4.79 Å². The van der Waals surface area contributed by atoms with Crippen LogP contribution in [-0.2, 0) is 11.2 Å². The topological polar surface area (TPSA) is 57.8 Å². The third-order valence-corrected chi connectivity index (χ3v) is 2.24. The highest BCUT2D eigenvalue weighted by Crippen LogP contribution is 1.94. The number of likely N-dealkylation sites (N-methyl/N-ethyl adjacent to an activating group) is 1. The molecule has 1 aromatic rings. The number of aldehydes is 1. The number of carbonyl (C=O) groups is 1. The Hall–Kier alpha value is -1.16. The molecule has 4 nitrogen and oxygen atoms in total. The lowest BCUT2D eigenvalue weighted by Gasteiger charge is -2.05. The van der Waals surface area contributed by atoms with E-state index >= 15 is 0 Å². The summed E-state index contributed by atoms with van der Waals surface area (Å²) < 4.78 is 0. The summed E-state index contributed by atoms with van der Waals surface area (Å²) in [4.78, 5) is 17.1. The van der Waals surface area contributed by atoms with Crippen LogP contribution in [-0.4, -0.2) is 29.3 Å². The van der Waals surface area contributed by atoms with E-state index in [1.807, 2.05) is 0 Å². The Morgan fingerprint density at radius 2 is 2.12 bits per heavy atom. The third kappa shape index (κ3) is 9.75. The molecule has 0 amide bonds. The van der Waals surface area contributed by atoms with Crippen LogP contribution in [0.25, 0.3) is 0 Å². The fraction of sp³-hybridized carbons (Fsp3) is 0.692. The number of hydrogen-bond acceptors (Lipinski definition) is 3. The van der Waals surface area contributed by atoms with Crippen molar-refractivity contribution in [3.05, 3.63) is 18.2 Å². The van der Waals surface area contributed by atoms with Crippen molar-refractivity contribution in [1.82, 2.24) is 15.3 Å². The smallest absolute Gasteiger partial charge is 0.137 e. The highest BCUT2D eigenvalue weighted by atomic mass is 16.1. The van der Waals surface area contributed by atoms with Crippen molar-refractivity contribution < 1.29 is 4.79 Å². The van der Waals surface area contributed by atoms with Gasteiger partial charge in [0.2, 0.25) is 0 Å². The van der Waals surface area contributed by atoms with Gasteiger partial charge < -0.3 is 15.1 Å². The summed E-state index contributed by atoms with van der Waals surface area (Å²) in [5, 5.41) is 2.87. The molecule has 0 aromatic carbocycles. The Morgan fingerprint density at radius 1 is 1.47 bits per heavy atom. The van der Waals surface area contributed by atoms with Crippen molar-refractivity contribution in [2.45, 2.75) is 53.0 Å². The molecule has 4 heteroatoms. The van der Waals surface area contributed by atoms with Gasteiger partial charge in [-0.3, -0.25) is 0 Å². The number of aromatic amines is 1. The maximum Gasteiger partial charge on any atom is 0.137 e. The van der Waals surface area contributed by atoms with Crippen molar-refractivity contribution in [3.63, 3.8) is 0 Å². The monoisotopic (exact) mass is 241 g/mol. The average Bonchev–Trinajstić information content (AvgIpc) is 2.80. The molecule has 0 unspecified atom stereocenters. The van der Waals surface area contributed by atoms with Crippen molar-refractivity contribution >= 4 is 6.29 Å². The van der Waals surface area contributed by atoms with Gasteiger partial charge in [-0.25, -0.2) is 4.98 Å². The quantitative estimate of drug-likeness (QED) is 0.753. The molecular formula is C13H27N3O. The van der Waals surface area contributed by atoms with E-state index in [-0.39, 0.29) is 13.5 Å². The molecule has 17 heavy (non-hydrogen) atoms. The standard InChI is InChI=1S/C7H11N3O.C5H12.CH4/c1-8-7(4-11)2-6-3-9-5-10-6;1-3-5-4-2;/h3-5,7-8H,2H2,1H3,(H,9,10);3-5H2,1-2H3;1H4/t7-;;/m0../s1. The van der Waals surface area contributed by atoms with E-state index < -0.39 is 0 Å². The normalized spacial score (nSPS) is 10.8. The van der Waals surface area contributed by atoms with Crippen molar-refractivity contribution in [2.24, 2.45) is 0 Å². The van der Waals surface area contributed by atoms with Gasteiger partial charge in [0.05, 0.1) is 12.4 Å². The number of carbonyl (C=O) groups excluding carboxylic acids is 1. The molecule has 0 saturated carbocycles. The number of aromatic nitrogens is 2. The largest absolute Gasteiger partial charge is 0.348 e. The van der Waals surface area contributed by atoms with Crippen molar-refractivity contribution in [1.29, 1.82) is 0 Å². The summed E-state index contributed by atoms with van der Waals surface area (Å²) >= 11 is 0. The third-order valence-electron chi connectivity index (χ3n) is 2.24. The molecule has 1 atom stereocenters. The first-order chi connectivity index (χ1) is 7.78. The van der Waals surface area contributed by atoms with E-state index in [0.29, 0.717) is 6.42 Å². The molecule has 0 aliphatic carbocycles. The lowest BCUT2D eigenvalue weighted by molar-refractivity contribution is -0.109. The van der Waals surface area contributed by atoms with E-state index in [4.69, 9.17) is 0 Å². The Labute approximate surface area is 105 Å². The molecular weight excluding hydrogens is 214 g/mol. The minimum absolute atomic E-state index is 0. The molecule has 0 saturated heterocycles. The van der Waals surface area contributed by atoms with Gasteiger partial charge in [0.25, 0.3) is 0 Å². The van der Waals surface area contributed by atoms with Crippen molar-refractivity contribution in [3.8, 4) is 0 Å². The van der Waals surface area contributed by atoms with Crippen LogP contribution in [0.15, 0.2) is 12.5 Å². The zero-order chi connectivity index (χ0) is 12.2. The van der Waals surface area contributed by atoms with Crippen LogP contribution in [0.1, 0.15) is 46.2 Å². The van der Waals surface area contributed by atoms with Gasteiger partial charge in [0.15, 0.2) is 0 Å². The summed E-state index contributed by atoms with van der Waals surface area (Å²) in [6, 6.07) is -0.115. The number of unbranched alkanes of at least 4 members (excludes halogenated alkanes) is 2. The lowest BCUT2D eigenvalue weighted by atomic mass is 10.2. The van der Waals surface area contributed by atoms with Crippen LogP contribution in [0.5, 0.6) is 0 Å². The lowest BCUT2D eigenvalue weighted by Crippen LogP contribution is -2.28. The molecule has 0 radical (unpaired) electrons. The first kappa shape index (κ1) is 18.2. The highest BCUT2D eigenvalue weighted by Gasteiger charge is 2.04. The van der Waals surface area contributed by atoms with Gasteiger partial charge in [0.1, 0.15) is 6.29 Å². The number of nitrogens with one attached hydrogen (secondary N) is 2. The van der Waals surface area contributed by atoms with Gasteiger partial charge in [-0.15, -0.1) is 0 Å². The first-order valence-corrected chi connectivity index (χ1v) is 5.88. The summed E-state index contributed by atoms with van der Waals surface area (Å²) in [6.07, 6.45) is 8.95. The molecule has 0 bridgehead atoms. The Kier molecular flexibility index (Phi) is 13.8. The fourth-order valence-electron chi connectivity index (χ4n) is 1.21. The second kappa shape index (κ2) is 12.9. The van der Waals surface area contributed by atoms with Gasteiger partial charge in [0, 0.05) is 18.3 Å². The number of H-pyrrole nitrogens is 1. The number of imidazole rings is 1. The van der Waals surface area contributed by atoms with Crippen LogP contribution in [0, 0.1) is 0 Å². The van der Waals surface area contributed by atoms with E-state index in [0.717, 1.165) is 12.0 Å². The molecule has 1 heterocycles. The first-order valence-electron chi connectivity index (χ1n) is 5.88. The molecule has 0 spiro atoms. The Balaban J connectivity index is 0. The molecule has 0 aliphatic heterocycles. The van der Waals surface area contributed by atoms with E-state index in [1.165, 1.54) is 19.3 Å². The number of hydrogen-bond donors (Lipinski definition) is 2.